The van der Waals surface area contributed by atoms with Crippen LogP contribution in [-0.2, 0) is 14.8 Å². The molecule has 0 bridgehead atoms. The van der Waals surface area contributed by atoms with Gasteiger partial charge in [0.15, 0.2) is 0 Å². The molecule has 1 aromatic rings. The topological polar surface area (TPSA) is 118 Å². The average molecular weight is 328 g/mol. The fourth-order valence-electron chi connectivity index (χ4n) is 2.62. The molecule has 1 N–H and O–H groups in total. The number of aryl methyl sites for hydroxylation is 1. The van der Waals surface area contributed by atoms with Gasteiger partial charge in [-0.3, -0.25) is 14.9 Å². The molecular formula is C13H16N2O6S. The van der Waals surface area contributed by atoms with Crippen LogP contribution in [0, 0.1) is 28.9 Å². The minimum absolute atomic E-state index is 0.0312. The number of carbonyl (C=O) groups is 1. The van der Waals surface area contributed by atoms with Crippen molar-refractivity contribution in [1.29, 1.82) is 0 Å². The van der Waals surface area contributed by atoms with Crippen LogP contribution in [0.2, 0.25) is 0 Å². The van der Waals surface area contributed by atoms with Gasteiger partial charge in [0.25, 0.3) is 5.69 Å². The first kappa shape index (κ1) is 16.4. The van der Waals surface area contributed by atoms with Crippen LogP contribution in [0.5, 0.6) is 0 Å². The zero-order valence-electron chi connectivity index (χ0n) is 12.1. The number of hydrogen-bond acceptors (Lipinski definition) is 5. The van der Waals surface area contributed by atoms with E-state index in [-0.39, 0.29) is 35.2 Å². The maximum atomic E-state index is 12.6. The Morgan fingerprint density at radius 2 is 2.05 bits per heavy atom. The van der Waals surface area contributed by atoms with E-state index < -0.39 is 26.8 Å². The third-order valence-electron chi connectivity index (χ3n) is 3.88. The van der Waals surface area contributed by atoms with Gasteiger partial charge in [-0.2, -0.15) is 4.31 Å². The Bertz CT molecular complexity index is 730. The number of nitro groups is 1. The zero-order valence-corrected chi connectivity index (χ0v) is 12.9. The van der Waals surface area contributed by atoms with Crippen molar-refractivity contribution in [3.63, 3.8) is 0 Å². The molecule has 0 amide bonds. The summed E-state index contributed by atoms with van der Waals surface area (Å²) in [6, 6.07) is 3.52. The highest BCUT2D eigenvalue weighted by atomic mass is 32.2. The van der Waals surface area contributed by atoms with Crippen LogP contribution in [0.25, 0.3) is 0 Å². The van der Waals surface area contributed by atoms with Gasteiger partial charge in [-0.15, -0.1) is 0 Å². The van der Waals surface area contributed by atoms with Crippen molar-refractivity contribution in [2.24, 2.45) is 11.8 Å². The first-order valence-corrected chi connectivity index (χ1v) is 8.06. The lowest BCUT2D eigenvalue weighted by atomic mass is 9.99. The molecule has 0 radical (unpaired) electrons. The molecule has 22 heavy (non-hydrogen) atoms. The number of carboxylic acid groups (broad SMARTS) is 1. The second-order valence-electron chi connectivity index (χ2n) is 5.45. The number of sulfonamides is 1. The van der Waals surface area contributed by atoms with Gasteiger partial charge < -0.3 is 5.11 Å². The summed E-state index contributed by atoms with van der Waals surface area (Å²) in [5.41, 5.74) is 0.0790. The number of nitro benzene ring substituents is 1. The highest BCUT2D eigenvalue weighted by Gasteiger charge is 2.41. The molecular weight excluding hydrogens is 312 g/mol. The number of carboxylic acids is 1. The van der Waals surface area contributed by atoms with Crippen LogP contribution in [0.15, 0.2) is 23.1 Å². The minimum Gasteiger partial charge on any atom is -0.481 e. The Labute approximate surface area is 127 Å². The first-order chi connectivity index (χ1) is 10.1. The lowest BCUT2D eigenvalue weighted by molar-refractivity contribution is -0.385. The molecule has 1 fully saturated rings. The number of rotatable bonds is 4. The summed E-state index contributed by atoms with van der Waals surface area (Å²) >= 11 is 0. The van der Waals surface area contributed by atoms with Gasteiger partial charge in [0.1, 0.15) is 0 Å². The summed E-state index contributed by atoms with van der Waals surface area (Å²) in [5.74, 6) is -2.05. The molecule has 2 rings (SSSR count). The van der Waals surface area contributed by atoms with Gasteiger partial charge in [-0.25, -0.2) is 8.42 Å². The van der Waals surface area contributed by atoms with E-state index in [0.29, 0.717) is 0 Å². The lowest BCUT2D eigenvalue weighted by Gasteiger charge is -2.17. The normalized spacial score (nSPS) is 22.6. The molecule has 0 unspecified atom stereocenters. The van der Waals surface area contributed by atoms with E-state index in [4.69, 9.17) is 5.11 Å². The van der Waals surface area contributed by atoms with E-state index in [1.54, 1.807) is 6.92 Å². The van der Waals surface area contributed by atoms with E-state index in [1.165, 1.54) is 19.1 Å². The van der Waals surface area contributed by atoms with Crippen molar-refractivity contribution >= 4 is 21.7 Å². The largest absolute Gasteiger partial charge is 0.481 e. The Morgan fingerprint density at radius 3 is 2.50 bits per heavy atom. The van der Waals surface area contributed by atoms with Crippen LogP contribution < -0.4 is 0 Å². The van der Waals surface area contributed by atoms with Crippen molar-refractivity contribution < 1.29 is 23.2 Å². The third kappa shape index (κ3) is 2.81. The molecule has 1 heterocycles. The Kier molecular flexibility index (Phi) is 4.21. The van der Waals surface area contributed by atoms with Gasteiger partial charge in [-0.05, 0) is 24.5 Å². The third-order valence-corrected chi connectivity index (χ3v) is 5.88. The first-order valence-electron chi connectivity index (χ1n) is 6.62. The van der Waals surface area contributed by atoms with Crippen LogP contribution in [0.4, 0.5) is 5.69 Å². The summed E-state index contributed by atoms with van der Waals surface area (Å²) < 4.78 is 26.4. The standard InChI is InChI=1S/C13H16N2O6S/c1-8-5-10(15(18)19)3-4-12(8)22(20,21)14-6-9(2)11(7-14)13(16)17/h3-5,9,11H,6-7H2,1-2H3,(H,16,17)/t9-,11-/m1/s1. The number of hydrogen-bond donors (Lipinski definition) is 1. The zero-order chi connectivity index (χ0) is 16.7. The fourth-order valence-corrected chi connectivity index (χ4v) is 4.39. The Balaban J connectivity index is 2.36. The lowest BCUT2D eigenvalue weighted by Crippen LogP contribution is -2.30. The van der Waals surface area contributed by atoms with E-state index >= 15 is 0 Å². The predicted octanol–water partition coefficient (Wildman–Crippen LogP) is 1.24. The van der Waals surface area contributed by atoms with E-state index in [9.17, 15) is 23.3 Å². The number of benzene rings is 1. The summed E-state index contributed by atoms with van der Waals surface area (Å²) in [6.45, 7) is 3.20. The summed E-state index contributed by atoms with van der Waals surface area (Å²) in [6.07, 6.45) is 0. The van der Waals surface area contributed by atoms with E-state index in [2.05, 4.69) is 0 Å². The molecule has 8 nitrogen and oxygen atoms in total. The summed E-state index contributed by atoms with van der Waals surface area (Å²) in [7, 11) is -3.86. The highest BCUT2D eigenvalue weighted by molar-refractivity contribution is 7.89. The second-order valence-corrected chi connectivity index (χ2v) is 7.36. The minimum atomic E-state index is -3.86. The smallest absolute Gasteiger partial charge is 0.308 e. The van der Waals surface area contributed by atoms with Gasteiger partial charge in [0.05, 0.1) is 15.7 Å². The predicted molar refractivity (Wildman–Crippen MR) is 76.9 cm³/mol. The SMILES string of the molecule is Cc1cc([N+](=O)[O-])ccc1S(=O)(=O)N1C[C@@H](C)[C@H](C(=O)O)C1. The second kappa shape index (κ2) is 5.65. The number of nitrogens with zero attached hydrogens (tertiary/aromatic N) is 2. The van der Waals surface area contributed by atoms with Crippen LogP contribution >= 0.6 is 0 Å². The maximum Gasteiger partial charge on any atom is 0.308 e. The molecule has 9 heteroatoms. The summed E-state index contributed by atoms with van der Waals surface area (Å²) in [5, 5.41) is 19.8. The molecule has 0 saturated carbocycles. The molecule has 0 spiro atoms. The Hall–Kier alpha value is -2.00. The monoisotopic (exact) mass is 328 g/mol. The summed E-state index contributed by atoms with van der Waals surface area (Å²) in [4.78, 5) is 21.2. The maximum absolute atomic E-state index is 12.6. The molecule has 0 aromatic heterocycles. The molecule has 1 saturated heterocycles. The van der Waals surface area contributed by atoms with Crippen molar-refractivity contribution in [2.75, 3.05) is 13.1 Å². The molecule has 1 aliphatic rings. The van der Waals surface area contributed by atoms with Crippen LogP contribution in [0.3, 0.4) is 0 Å². The van der Waals surface area contributed by atoms with Crippen LogP contribution in [0.1, 0.15) is 12.5 Å². The van der Waals surface area contributed by atoms with Crippen molar-refractivity contribution in [3.05, 3.63) is 33.9 Å². The molecule has 2 atom stereocenters. The Morgan fingerprint density at radius 1 is 1.41 bits per heavy atom. The quantitative estimate of drug-likeness (QED) is 0.656. The van der Waals surface area contributed by atoms with Gasteiger partial charge in [0.2, 0.25) is 10.0 Å². The average Bonchev–Trinajstić information content (AvgIpc) is 2.81. The molecule has 120 valence electrons. The number of non-ortho nitro benzene ring substituents is 1. The van der Waals surface area contributed by atoms with Gasteiger partial charge >= 0.3 is 5.97 Å². The van der Waals surface area contributed by atoms with Gasteiger partial charge in [-0.1, -0.05) is 6.92 Å². The van der Waals surface area contributed by atoms with Crippen LogP contribution in [-0.4, -0.2) is 41.8 Å². The van der Waals surface area contributed by atoms with Crippen molar-refractivity contribution in [3.8, 4) is 0 Å². The van der Waals surface area contributed by atoms with Crippen molar-refractivity contribution in [1.82, 2.24) is 4.31 Å². The fraction of sp³-hybridized carbons (Fsp3) is 0.462. The number of aliphatic carboxylic acids is 1. The van der Waals surface area contributed by atoms with E-state index in [1.807, 2.05) is 0 Å². The molecule has 0 aliphatic carbocycles. The van der Waals surface area contributed by atoms with Crippen molar-refractivity contribution in [2.45, 2.75) is 18.7 Å². The highest BCUT2D eigenvalue weighted by Crippen LogP contribution is 2.31. The van der Waals surface area contributed by atoms with Gasteiger partial charge in [0, 0.05) is 25.2 Å². The van der Waals surface area contributed by atoms with E-state index in [0.717, 1.165) is 10.4 Å². The molecule has 1 aliphatic heterocycles. The molecule has 1 aromatic carbocycles.